The third-order valence-corrected chi connectivity index (χ3v) is 5.72. The van der Waals surface area contributed by atoms with Gasteiger partial charge in [-0.3, -0.25) is 4.57 Å². The van der Waals surface area contributed by atoms with Crippen LogP contribution in [-0.4, -0.2) is 14.8 Å². The first kappa shape index (κ1) is 19.0. The quantitative estimate of drug-likeness (QED) is 0.331. The monoisotopic (exact) mass is 429 g/mol. The maximum atomic E-state index is 14.1. The summed E-state index contributed by atoms with van der Waals surface area (Å²) in [6.07, 6.45) is 0. The van der Waals surface area contributed by atoms with Crippen molar-refractivity contribution in [3.8, 4) is 17.1 Å². The number of aromatic nitrogens is 3. The van der Waals surface area contributed by atoms with E-state index in [9.17, 15) is 4.39 Å². The number of rotatable bonds is 5. The summed E-state index contributed by atoms with van der Waals surface area (Å²) in [6, 6.07) is 21.9. The SMILES string of the molecule is Fc1cccc(Cl)c1CSc1nnc(-c2ccccc2)n1-c1ccc(Cl)cc1. The molecule has 0 saturated carbocycles. The molecule has 1 aromatic heterocycles. The first-order valence-electron chi connectivity index (χ1n) is 8.46. The molecule has 28 heavy (non-hydrogen) atoms. The Labute approximate surface area is 176 Å². The lowest BCUT2D eigenvalue weighted by molar-refractivity contribution is 0.617. The van der Waals surface area contributed by atoms with Gasteiger partial charge < -0.3 is 0 Å². The predicted molar refractivity (Wildman–Crippen MR) is 113 cm³/mol. The molecular weight excluding hydrogens is 416 g/mol. The van der Waals surface area contributed by atoms with Gasteiger partial charge in [-0.2, -0.15) is 0 Å². The number of halogens is 3. The van der Waals surface area contributed by atoms with Crippen LogP contribution in [0.3, 0.4) is 0 Å². The summed E-state index contributed by atoms with van der Waals surface area (Å²) < 4.78 is 16.1. The molecule has 0 radical (unpaired) electrons. The maximum Gasteiger partial charge on any atom is 0.196 e. The Kier molecular flexibility index (Phi) is 5.67. The van der Waals surface area contributed by atoms with Crippen LogP contribution in [0, 0.1) is 5.82 Å². The molecule has 3 nitrogen and oxygen atoms in total. The lowest BCUT2D eigenvalue weighted by atomic mass is 10.2. The van der Waals surface area contributed by atoms with Gasteiger partial charge in [-0.05, 0) is 36.4 Å². The summed E-state index contributed by atoms with van der Waals surface area (Å²) in [5.41, 5.74) is 2.25. The van der Waals surface area contributed by atoms with E-state index in [4.69, 9.17) is 23.2 Å². The summed E-state index contributed by atoms with van der Waals surface area (Å²) in [5, 5.41) is 10.4. The minimum atomic E-state index is -0.333. The largest absolute Gasteiger partial charge is 0.270 e. The van der Waals surface area contributed by atoms with Gasteiger partial charge in [-0.25, -0.2) is 4.39 Å². The average Bonchev–Trinajstić information content (AvgIpc) is 3.13. The molecule has 0 N–H and O–H groups in total. The van der Waals surface area contributed by atoms with Crippen molar-refractivity contribution in [2.24, 2.45) is 0 Å². The zero-order valence-electron chi connectivity index (χ0n) is 14.5. The summed E-state index contributed by atoms with van der Waals surface area (Å²) >= 11 is 13.6. The first-order chi connectivity index (χ1) is 13.6. The van der Waals surface area contributed by atoms with Gasteiger partial charge in [0.25, 0.3) is 0 Å². The van der Waals surface area contributed by atoms with E-state index < -0.39 is 0 Å². The van der Waals surface area contributed by atoms with Gasteiger partial charge >= 0.3 is 0 Å². The number of hydrogen-bond donors (Lipinski definition) is 0. The molecule has 4 aromatic rings. The molecule has 4 rings (SSSR count). The van der Waals surface area contributed by atoms with E-state index in [1.807, 2.05) is 59.2 Å². The molecule has 7 heteroatoms. The third kappa shape index (κ3) is 3.92. The average molecular weight is 430 g/mol. The van der Waals surface area contributed by atoms with Crippen molar-refractivity contribution in [2.45, 2.75) is 10.9 Å². The van der Waals surface area contributed by atoms with Gasteiger partial charge in [0.1, 0.15) is 5.82 Å². The second kappa shape index (κ2) is 8.35. The van der Waals surface area contributed by atoms with Crippen molar-refractivity contribution in [2.75, 3.05) is 0 Å². The highest BCUT2D eigenvalue weighted by atomic mass is 35.5. The smallest absolute Gasteiger partial charge is 0.196 e. The van der Waals surface area contributed by atoms with Gasteiger partial charge in [-0.1, -0.05) is 71.4 Å². The maximum absolute atomic E-state index is 14.1. The molecule has 0 aliphatic rings. The summed E-state index contributed by atoms with van der Waals surface area (Å²) in [6.45, 7) is 0. The number of thioether (sulfide) groups is 1. The fourth-order valence-corrected chi connectivity index (χ4v) is 4.19. The van der Waals surface area contributed by atoms with Gasteiger partial charge in [0.15, 0.2) is 11.0 Å². The molecule has 0 spiro atoms. The van der Waals surface area contributed by atoms with Gasteiger partial charge in [-0.15, -0.1) is 10.2 Å². The molecule has 0 aliphatic heterocycles. The van der Waals surface area contributed by atoms with Crippen LogP contribution in [0.25, 0.3) is 17.1 Å². The van der Waals surface area contributed by atoms with Crippen molar-refractivity contribution in [1.82, 2.24) is 14.8 Å². The van der Waals surface area contributed by atoms with E-state index in [0.717, 1.165) is 11.3 Å². The van der Waals surface area contributed by atoms with Gasteiger partial charge in [0, 0.05) is 32.6 Å². The lowest BCUT2D eigenvalue weighted by Crippen LogP contribution is -2.00. The third-order valence-electron chi connectivity index (χ3n) is 4.16. The Bertz CT molecular complexity index is 1080. The Balaban J connectivity index is 1.75. The van der Waals surface area contributed by atoms with E-state index >= 15 is 0 Å². The van der Waals surface area contributed by atoms with E-state index in [2.05, 4.69) is 10.2 Å². The fraction of sp³-hybridized carbons (Fsp3) is 0.0476. The molecule has 0 unspecified atom stereocenters. The highest BCUT2D eigenvalue weighted by Crippen LogP contribution is 2.32. The van der Waals surface area contributed by atoms with Crippen LogP contribution >= 0.6 is 35.0 Å². The molecule has 140 valence electrons. The fourth-order valence-electron chi connectivity index (χ4n) is 2.77. The standard InChI is InChI=1S/C21H14Cl2FN3S/c22-15-9-11-16(12-10-15)27-20(14-5-2-1-3-6-14)25-26-21(27)28-13-17-18(23)7-4-8-19(17)24/h1-12H,13H2. The van der Waals surface area contributed by atoms with Crippen LogP contribution in [0.2, 0.25) is 10.0 Å². The lowest BCUT2D eigenvalue weighted by Gasteiger charge is -2.11. The van der Waals surface area contributed by atoms with Crippen LogP contribution in [0.4, 0.5) is 4.39 Å². The van der Waals surface area contributed by atoms with Crippen molar-refractivity contribution < 1.29 is 4.39 Å². The van der Waals surface area contributed by atoms with Crippen LogP contribution in [0.15, 0.2) is 78.0 Å². The number of nitrogens with zero attached hydrogens (tertiary/aromatic N) is 3. The Morgan fingerprint density at radius 1 is 0.857 bits per heavy atom. The van der Waals surface area contributed by atoms with Crippen LogP contribution < -0.4 is 0 Å². The van der Waals surface area contributed by atoms with Crippen LogP contribution in [0.5, 0.6) is 0 Å². The normalized spacial score (nSPS) is 11.0. The zero-order valence-corrected chi connectivity index (χ0v) is 16.8. The molecule has 3 aromatic carbocycles. The van der Waals surface area contributed by atoms with E-state index in [0.29, 0.717) is 32.3 Å². The first-order valence-corrected chi connectivity index (χ1v) is 10.2. The topological polar surface area (TPSA) is 30.7 Å². The Morgan fingerprint density at radius 2 is 1.61 bits per heavy atom. The predicted octanol–water partition coefficient (Wildman–Crippen LogP) is 6.67. The molecular formula is C21H14Cl2FN3S. The highest BCUT2D eigenvalue weighted by Gasteiger charge is 2.17. The molecule has 0 saturated heterocycles. The Morgan fingerprint density at radius 3 is 2.32 bits per heavy atom. The summed E-state index contributed by atoms with van der Waals surface area (Å²) in [5.74, 6) is 0.706. The zero-order chi connectivity index (χ0) is 19.5. The summed E-state index contributed by atoms with van der Waals surface area (Å²) in [7, 11) is 0. The van der Waals surface area contributed by atoms with Crippen molar-refractivity contribution >= 4 is 35.0 Å². The highest BCUT2D eigenvalue weighted by molar-refractivity contribution is 7.98. The van der Waals surface area contributed by atoms with Crippen LogP contribution in [-0.2, 0) is 5.75 Å². The van der Waals surface area contributed by atoms with Crippen molar-refractivity contribution in [3.63, 3.8) is 0 Å². The second-order valence-corrected chi connectivity index (χ2v) is 7.76. The van der Waals surface area contributed by atoms with Crippen molar-refractivity contribution in [1.29, 1.82) is 0 Å². The number of benzene rings is 3. The van der Waals surface area contributed by atoms with E-state index in [-0.39, 0.29) is 5.82 Å². The minimum absolute atomic E-state index is 0.333. The Hall–Kier alpha value is -2.34. The van der Waals surface area contributed by atoms with Gasteiger partial charge in [0.05, 0.1) is 0 Å². The molecule has 0 bridgehead atoms. The molecule has 0 fully saturated rings. The molecule has 0 atom stereocenters. The van der Waals surface area contributed by atoms with Crippen molar-refractivity contribution in [3.05, 3.63) is 94.2 Å². The number of hydrogen-bond acceptors (Lipinski definition) is 3. The summed E-state index contributed by atoms with van der Waals surface area (Å²) in [4.78, 5) is 0. The molecule has 1 heterocycles. The van der Waals surface area contributed by atoms with E-state index in [1.165, 1.54) is 17.8 Å². The second-order valence-electron chi connectivity index (χ2n) is 5.97. The van der Waals surface area contributed by atoms with Crippen LogP contribution in [0.1, 0.15) is 5.56 Å². The molecule has 0 amide bonds. The van der Waals surface area contributed by atoms with E-state index in [1.54, 1.807) is 12.1 Å². The van der Waals surface area contributed by atoms with Gasteiger partial charge in [0.2, 0.25) is 0 Å². The molecule has 0 aliphatic carbocycles. The minimum Gasteiger partial charge on any atom is -0.270 e.